The molecule has 0 saturated heterocycles. The maximum Gasteiger partial charge on any atom is 0.132 e. The van der Waals surface area contributed by atoms with Crippen LogP contribution in [0, 0.1) is 5.82 Å². The first-order valence-corrected chi connectivity index (χ1v) is 6.80. The van der Waals surface area contributed by atoms with Gasteiger partial charge < -0.3 is 10.5 Å². The summed E-state index contributed by atoms with van der Waals surface area (Å²) in [5.41, 5.74) is 7.77. The van der Waals surface area contributed by atoms with Crippen molar-refractivity contribution in [3.05, 3.63) is 59.4 Å². The van der Waals surface area contributed by atoms with Crippen LogP contribution in [0.25, 0.3) is 0 Å². The molecule has 1 unspecified atom stereocenters. The summed E-state index contributed by atoms with van der Waals surface area (Å²) < 4.78 is 19.1. The van der Waals surface area contributed by atoms with E-state index in [0.717, 1.165) is 5.75 Å². The zero-order valence-corrected chi connectivity index (χ0v) is 12.1. The summed E-state index contributed by atoms with van der Waals surface area (Å²) in [4.78, 5) is 0. The number of benzene rings is 2. The van der Waals surface area contributed by atoms with E-state index >= 15 is 0 Å². The molecule has 2 aromatic carbocycles. The molecule has 20 heavy (non-hydrogen) atoms. The van der Waals surface area contributed by atoms with E-state index in [4.69, 9.17) is 10.5 Å². The van der Waals surface area contributed by atoms with Crippen LogP contribution >= 0.6 is 0 Å². The Hall–Kier alpha value is -1.87. The molecule has 2 nitrogen and oxygen atoms in total. The third kappa shape index (κ3) is 3.36. The summed E-state index contributed by atoms with van der Waals surface area (Å²) in [6.07, 6.45) is 0. The number of halogens is 1. The van der Waals surface area contributed by atoms with Crippen LogP contribution in [0.2, 0.25) is 0 Å². The second-order valence-electron chi connectivity index (χ2n) is 5.30. The molecule has 0 aromatic heterocycles. The molecule has 0 saturated carbocycles. The number of hydrogen-bond donors (Lipinski definition) is 1. The summed E-state index contributed by atoms with van der Waals surface area (Å²) >= 11 is 0. The molecular formula is C17H20FNO. The van der Waals surface area contributed by atoms with Crippen molar-refractivity contribution in [2.24, 2.45) is 5.73 Å². The highest BCUT2D eigenvalue weighted by Crippen LogP contribution is 2.30. The van der Waals surface area contributed by atoms with Crippen molar-refractivity contribution in [2.45, 2.75) is 32.7 Å². The van der Waals surface area contributed by atoms with Crippen molar-refractivity contribution >= 4 is 0 Å². The summed E-state index contributed by atoms with van der Waals surface area (Å²) in [7, 11) is 0. The molecule has 2 aromatic rings. The first kappa shape index (κ1) is 14.5. The molecule has 0 heterocycles. The Balaban J connectivity index is 2.25. The van der Waals surface area contributed by atoms with E-state index in [1.807, 2.05) is 31.2 Å². The summed E-state index contributed by atoms with van der Waals surface area (Å²) in [6, 6.07) is 12.0. The smallest absolute Gasteiger partial charge is 0.132 e. The molecular weight excluding hydrogens is 253 g/mol. The van der Waals surface area contributed by atoms with Gasteiger partial charge in [-0.15, -0.1) is 0 Å². The highest BCUT2D eigenvalue weighted by atomic mass is 19.1. The Kier molecular flexibility index (Phi) is 4.40. The van der Waals surface area contributed by atoms with Crippen LogP contribution in [0.15, 0.2) is 42.5 Å². The van der Waals surface area contributed by atoms with Gasteiger partial charge in [0.2, 0.25) is 0 Å². The molecule has 2 N–H and O–H groups in total. The SMILES string of the molecule is CC(C)c1ccc(Oc2ccc(F)cc2C(C)N)cc1. The van der Waals surface area contributed by atoms with Crippen molar-refractivity contribution in [1.82, 2.24) is 0 Å². The van der Waals surface area contributed by atoms with Crippen LogP contribution in [0.5, 0.6) is 11.5 Å². The Labute approximate surface area is 119 Å². The Morgan fingerprint density at radius 3 is 2.20 bits per heavy atom. The van der Waals surface area contributed by atoms with Crippen LogP contribution < -0.4 is 10.5 Å². The zero-order valence-electron chi connectivity index (χ0n) is 12.1. The fraction of sp³-hybridized carbons (Fsp3) is 0.294. The molecule has 0 bridgehead atoms. The number of nitrogens with two attached hydrogens (primary N) is 1. The molecule has 0 radical (unpaired) electrons. The molecule has 0 aliphatic heterocycles. The predicted octanol–water partition coefficient (Wildman–Crippen LogP) is 4.76. The second kappa shape index (κ2) is 6.06. The van der Waals surface area contributed by atoms with Gasteiger partial charge in [0.05, 0.1) is 0 Å². The minimum Gasteiger partial charge on any atom is -0.457 e. The van der Waals surface area contributed by atoms with Crippen molar-refractivity contribution in [3.63, 3.8) is 0 Å². The highest BCUT2D eigenvalue weighted by molar-refractivity contribution is 5.40. The van der Waals surface area contributed by atoms with Gasteiger partial charge in [-0.05, 0) is 48.7 Å². The minimum absolute atomic E-state index is 0.282. The Morgan fingerprint density at radius 2 is 1.65 bits per heavy atom. The second-order valence-corrected chi connectivity index (χ2v) is 5.30. The monoisotopic (exact) mass is 273 g/mol. The summed E-state index contributed by atoms with van der Waals surface area (Å²) in [5, 5.41) is 0. The normalized spacial score (nSPS) is 12.5. The molecule has 0 fully saturated rings. The van der Waals surface area contributed by atoms with Crippen LogP contribution in [0.4, 0.5) is 4.39 Å². The molecule has 1 atom stereocenters. The maximum atomic E-state index is 13.3. The molecule has 0 amide bonds. The molecule has 0 aliphatic rings. The van der Waals surface area contributed by atoms with Crippen LogP contribution in [0.3, 0.4) is 0 Å². The van der Waals surface area contributed by atoms with Crippen LogP contribution in [-0.2, 0) is 0 Å². The van der Waals surface area contributed by atoms with Gasteiger partial charge >= 0.3 is 0 Å². The first-order chi connectivity index (χ1) is 9.47. The highest BCUT2D eigenvalue weighted by Gasteiger charge is 2.10. The van der Waals surface area contributed by atoms with Gasteiger partial charge in [-0.1, -0.05) is 26.0 Å². The zero-order chi connectivity index (χ0) is 14.7. The van der Waals surface area contributed by atoms with Gasteiger partial charge in [-0.2, -0.15) is 0 Å². The average molecular weight is 273 g/mol. The topological polar surface area (TPSA) is 35.2 Å². The first-order valence-electron chi connectivity index (χ1n) is 6.80. The number of hydrogen-bond acceptors (Lipinski definition) is 2. The minimum atomic E-state index is -0.306. The van der Waals surface area contributed by atoms with Crippen molar-refractivity contribution in [3.8, 4) is 11.5 Å². The van der Waals surface area contributed by atoms with Gasteiger partial charge in [0.1, 0.15) is 17.3 Å². The van der Waals surface area contributed by atoms with E-state index in [9.17, 15) is 4.39 Å². The fourth-order valence-corrected chi connectivity index (χ4v) is 2.02. The lowest BCUT2D eigenvalue weighted by Gasteiger charge is -2.14. The lowest BCUT2D eigenvalue weighted by Crippen LogP contribution is -2.07. The molecule has 106 valence electrons. The molecule has 3 heteroatoms. The lowest BCUT2D eigenvalue weighted by molar-refractivity contribution is 0.469. The Bertz CT molecular complexity index is 576. The van der Waals surface area contributed by atoms with Crippen LogP contribution in [-0.4, -0.2) is 0 Å². The molecule has 2 rings (SSSR count). The number of rotatable bonds is 4. The van der Waals surface area contributed by atoms with Crippen molar-refractivity contribution in [2.75, 3.05) is 0 Å². The third-order valence-corrected chi connectivity index (χ3v) is 3.24. The van der Waals surface area contributed by atoms with E-state index in [-0.39, 0.29) is 11.9 Å². The van der Waals surface area contributed by atoms with E-state index in [1.54, 1.807) is 6.07 Å². The number of ether oxygens (including phenoxy) is 1. The summed E-state index contributed by atoms with van der Waals surface area (Å²) in [6.45, 7) is 6.09. The van der Waals surface area contributed by atoms with E-state index in [2.05, 4.69) is 13.8 Å². The van der Waals surface area contributed by atoms with E-state index < -0.39 is 0 Å². The van der Waals surface area contributed by atoms with Gasteiger partial charge in [0.25, 0.3) is 0 Å². The lowest BCUT2D eigenvalue weighted by atomic mass is 10.0. The molecule has 0 spiro atoms. The van der Waals surface area contributed by atoms with Crippen LogP contribution in [0.1, 0.15) is 43.9 Å². The van der Waals surface area contributed by atoms with Gasteiger partial charge in [0.15, 0.2) is 0 Å². The Morgan fingerprint density at radius 1 is 1.00 bits per heavy atom. The van der Waals surface area contributed by atoms with Gasteiger partial charge in [-0.25, -0.2) is 4.39 Å². The molecule has 0 aliphatic carbocycles. The van der Waals surface area contributed by atoms with E-state index in [1.165, 1.54) is 17.7 Å². The van der Waals surface area contributed by atoms with Crippen molar-refractivity contribution < 1.29 is 9.13 Å². The quantitative estimate of drug-likeness (QED) is 0.871. The average Bonchev–Trinajstić information content (AvgIpc) is 2.41. The van der Waals surface area contributed by atoms with Gasteiger partial charge in [-0.3, -0.25) is 0 Å². The van der Waals surface area contributed by atoms with E-state index in [0.29, 0.717) is 17.2 Å². The summed E-state index contributed by atoms with van der Waals surface area (Å²) in [5.74, 6) is 1.50. The van der Waals surface area contributed by atoms with Crippen molar-refractivity contribution in [1.29, 1.82) is 0 Å². The largest absolute Gasteiger partial charge is 0.457 e. The maximum absolute atomic E-state index is 13.3. The predicted molar refractivity (Wildman–Crippen MR) is 79.6 cm³/mol. The van der Waals surface area contributed by atoms with Gasteiger partial charge in [0, 0.05) is 11.6 Å². The standard InChI is InChI=1S/C17H20FNO/c1-11(2)13-4-7-15(8-5-13)20-17-9-6-14(18)10-16(17)12(3)19/h4-12H,19H2,1-3H3. The third-order valence-electron chi connectivity index (χ3n) is 3.24. The fourth-order valence-electron chi connectivity index (χ4n) is 2.02.